The summed E-state index contributed by atoms with van der Waals surface area (Å²) < 4.78 is 0. The van der Waals surface area contributed by atoms with Crippen LogP contribution in [-0.2, 0) is 6.54 Å². The molecule has 0 amide bonds. The average molecular weight is 283 g/mol. The van der Waals surface area contributed by atoms with E-state index in [0.717, 1.165) is 13.1 Å². The molecule has 1 fully saturated rings. The standard InChI is InChI=1S/C18H25N3/c1-20(2)15-6-5-11-21(13-15)18-10-9-14(12-19)16-7-3-4-8-17(16)18/h3-4,7-10,15H,5-6,11-13,19H2,1-2H3. The molecule has 1 heterocycles. The van der Waals surface area contributed by atoms with Crippen LogP contribution in [0.5, 0.6) is 0 Å². The molecule has 1 aliphatic rings. The van der Waals surface area contributed by atoms with Gasteiger partial charge in [0.1, 0.15) is 0 Å². The van der Waals surface area contributed by atoms with Gasteiger partial charge < -0.3 is 15.5 Å². The molecule has 2 aromatic carbocycles. The van der Waals surface area contributed by atoms with Crippen LogP contribution < -0.4 is 10.6 Å². The van der Waals surface area contributed by atoms with Gasteiger partial charge in [-0.25, -0.2) is 0 Å². The second-order valence-electron chi connectivity index (χ2n) is 6.20. The van der Waals surface area contributed by atoms with Crippen LogP contribution in [0, 0.1) is 0 Å². The Labute approximate surface area is 127 Å². The van der Waals surface area contributed by atoms with E-state index in [-0.39, 0.29) is 0 Å². The smallest absolute Gasteiger partial charge is 0.0446 e. The molecule has 112 valence electrons. The van der Waals surface area contributed by atoms with Crippen LogP contribution in [0.4, 0.5) is 5.69 Å². The fourth-order valence-corrected chi connectivity index (χ4v) is 3.39. The third-order valence-corrected chi connectivity index (χ3v) is 4.68. The fraction of sp³-hybridized carbons (Fsp3) is 0.444. The van der Waals surface area contributed by atoms with Gasteiger partial charge in [-0.15, -0.1) is 0 Å². The fourth-order valence-electron chi connectivity index (χ4n) is 3.39. The number of anilines is 1. The topological polar surface area (TPSA) is 32.5 Å². The molecule has 0 saturated carbocycles. The SMILES string of the molecule is CN(C)C1CCCN(c2ccc(CN)c3ccccc23)C1. The summed E-state index contributed by atoms with van der Waals surface area (Å²) in [6.45, 7) is 2.86. The molecule has 0 radical (unpaired) electrons. The van der Waals surface area contributed by atoms with Crippen LogP contribution in [0.3, 0.4) is 0 Å². The minimum Gasteiger partial charge on any atom is -0.369 e. The highest BCUT2D eigenvalue weighted by Gasteiger charge is 2.22. The normalized spacial score (nSPS) is 19.4. The Morgan fingerprint density at radius 1 is 1.14 bits per heavy atom. The van der Waals surface area contributed by atoms with Crippen molar-refractivity contribution in [2.24, 2.45) is 5.73 Å². The van der Waals surface area contributed by atoms with Gasteiger partial charge in [-0.1, -0.05) is 30.3 Å². The lowest BCUT2D eigenvalue weighted by atomic mass is 9.99. The predicted octanol–water partition coefficient (Wildman–Crippen LogP) is 2.83. The van der Waals surface area contributed by atoms with E-state index in [1.54, 1.807) is 0 Å². The van der Waals surface area contributed by atoms with E-state index in [2.05, 4.69) is 60.3 Å². The molecular formula is C18H25N3. The highest BCUT2D eigenvalue weighted by Crippen LogP contribution is 2.31. The van der Waals surface area contributed by atoms with Gasteiger partial charge in [-0.05, 0) is 44.0 Å². The molecule has 1 aliphatic heterocycles. The van der Waals surface area contributed by atoms with Gasteiger partial charge in [0.25, 0.3) is 0 Å². The van der Waals surface area contributed by atoms with Crippen molar-refractivity contribution < 1.29 is 0 Å². The third kappa shape index (κ3) is 2.76. The lowest BCUT2D eigenvalue weighted by Gasteiger charge is -2.38. The van der Waals surface area contributed by atoms with Crippen molar-refractivity contribution in [2.45, 2.75) is 25.4 Å². The Bertz CT molecular complexity index is 621. The first-order valence-corrected chi connectivity index (χ1v) is 7.83. The number of nitrogens with two attached hydrogens (primary N) is 1. The van der Waals surface area contributed by atoms with Gasteiger partial charge in [0.2, 0.25) is 0 Å². The molecule has 1 atom stereocenters. The third-order valence-electron chi connectivity index (χ3n) is 4.68. The van der Waals surface area contributed by atoms with E-state index in [1.807, 2.05) is 0 Å². The summed E-state index contributed by atoms with van der Waals surface area (Å²) in [4.78, 5) is 4.89. The minimum atomic E-state index is 0.598. The largest absolute Gasteiger partial charge is 0.369 e. The number of likely N-dealkylation sites (N-methyl/N-ethyl adjacent to an activating group) is 1. The summed E-state index contributed by atoms with van der Waals surface area (Å²) in [5.74, 6) is 0. The van der Waals surface area contributed by atoms with Crippen LogP contribution >= 0.6 is 0 Å². The molecule has 0 aromatic heterocycles. The lowest BCUT2D eigenvalue weighted by Crippen LogP contribution is -2.45. The van der Waals surface area contributed by atoms with Gasteiger partial charge in [-0.3, -0.25) is 0 Å². The van der Waals surface area contributed by atoms with Gasteiger partial charge >= 0.3 is 0 Å². The zero-order chi connectivity index (χ0) is 14.8. The number of fused-ring (bicyclic) bond motifs is 1. The molecule has 1 saturated heterocycles. The number of benzene rings is 2. The van der Waals surface area contributed by atoms with Gasteiger partial charge in [0.15, 0.2) is 0 Å². The highest BCUT2D eigenvalue weighted by molar-refractivity contribution is 5.96. The van der Waals surface area contributed by atoms with E-state index in [1.165, 1.54) is 34.9 Å². The molecule has 3 rings (SSSR count). The first-order chi connectivity index (χ1) is 10.2. The summed E-state index contributed by atoms with van der Waals surface area (Å²) in [6.07, 6.45) is 2.55. The molecular weight excluding hydrogens is 258 g/mol. The van der Waals surface area contributed by atoms with E-state index < -0.39 is 0 Å². The molecule has 2 aromatic rings. The number of hydrogen-bond donors (Lipinski definition) is 1. The summed E-state index contributed by atoms with van der Waals surface area (Å²) in [5, 5.41) is 2.63. The molecule has 2 N–H and O–H groups in total. The number of hydrogen-bond acceptors (Lipinski definition) is 3. The Balaban J connectivity index is 2.00. The summed E-state index contributed by atoms with van der Waals surface area (Å²) in [7, 11) is 4.37. The van der Waals surface area contributed by atoms with Gasteiger partial charge in [-0.2, -0.15) is 0 Å². The van der Waals surface area contributed by atoms with E-state index >= 15 is 0 Å². The number of rotatable bonds is 3. The monoisotopic (exact) mass is 283 g/mol. The zero-order valence-corrected chi connectivity index (χ0v) is 13.0. The Morgan fingerprint density at radius 3 is 2.62 bits per heavy atom. The molecule has 0 aliphatic carbocycles. The first kappa shape index (κ1) is 14.4. The molecule has 21 heavy (non-hydrogen) atoms. The van der Waals surface area contributed by atoms with Gasteiger partial charge in [0.05, 0.1) is 0 Å². The van der Waals surface area contributed by atoms with Crippen LogP contribution in [0.1, 0.15) is 18.4 Å². The van der Waals surface area contributed by atoms with Crippen LogP contribution in [0.15, 0.2) is 36.4 Å². The quantitative estimate of drug-likeness (QED) is 0.940. The Morgan fingerprint density at radius 2 is 1.90 bits per heavy atom. The van der Waals surface area contributed by atoms with Crippen molar-refractivity contribution in [3.05, 3.63) is 42.0 Å². The molecule has 0 bridgehead atoms. The maximum atomic E-state index is 5.89. The molecule has 3 nitrogen and oxygen atoms in total. The first-order valence-electron chi connectivity index (χ1n) is 7.83. The van der Waals surface area contributed by atoms with Gasteiger partial charge in [0, 0.05) is 36.7 Å². The van der Waals surface area contributed by atoms with Crippen molar-refractivity contribution in [3.63, 3.8) is 0 Å². The van der Waals surface area contributed by atoms with Crippen LogP contribution in [-0.4, -0.2) is 38.1 Å². The van der Waals surface area contributed by atoms with Crippen molar-refractivity contribution in [3.8, 4) is 0 Å². The van der Waals surface area contributed by atoms with Crippen molar-refractivity contribution in [1.29, 1.82) is 0 Å². The summed E-state index contributed by atoms with van der Waals surface area (Å²) in [5.41, 5.74) is 8.47. The lowest BCUT2D eigenvalue weighted by molar-refractivity contribution is 0.258. The second kappa shape index (κ2) is 6.04. The molecule has 3 heteroatoms. The molecule has 1 unspecified atom stereocenters. The van der Waals surface area contributed by atoms with Crippen LogP contribution in [0.25, 0.3) is 10.8 Å². The summed E-state index contributed by atoms with van der Waals surface area (Å²) in [6, 6.07) is 13.7. The zero-order valence-electron chi connectivity index (χ0n) is 13.0. The summed E-state index contributed by atoms with van der Waals surface area (Å²) >= 11 is 0. The number of nitrogens with zero attached hydrogens (tertiary/aromatic N) is 2. The minimum absolute atomic E-state index is 0.598. The Hall–Kier alpha value is -1.58. The van der Waals surface area contributed by atoms with Crippen molar-refractivity contribution >= 4 is 16.5 Å². The van der Waals surface area contributed by atoms with E-state index in [9.17, 15) is 0 Å². The average Bonchev–Trinajstić information content (AvgIpc) is 2.54. The van der Waals surface area contributed by atoms with E-state index in [0.29, 0.717) is 12.6 Å². The van der Waals surface area contributed by atoms with Crippen LogP contribution in [0.2, 0.25) is 0 Å². The van der Waals surface area contributed by atoms with E-state index in [4.69, 9.17) is 5.73 Å². The molecule has 0 spiro atoms. The second-order valence-corrected chi connectivity index (χ2v) is 6.20. The highest BCUT2D eigenvalue weighted by atomic mass is 15.2. The van der Waals surface area contributed by atoms with Crippen molar-refractivity contribution in [1.82, 2.24) is 4.90 Å². The maximum absolute atomic E-state index is 5.89. The maximum Gasteiger partial charge on any atom is 0.0446 e. The van der Waals surface area contributed by atoms with Crippen molar-refractivity contribution in [2.75, 3.05) is 32.1 Å². The Kier molecular flexibility index (Phi) is 4.13. The number of piperidine rings is 1. The predicted molar refractivity (Wildman–Crippen MR) is 90.8 cm³/mol.